The van der Waals surface area contributed by atoms with E-state index in [9.17, 15) is 0 Å². The number of hydrogen-bond donors (Lipinski definition) is 0. The summed E-state index contributed by atoms with van der Waals surface area (Å²) in [4.78, 5) is 0. The van der Waals surface area contributed by atoms with Crippen LogP contribution in [0.15, 0.2) is 60.7 Å². The molecule has 0 saturated carbocycles. The van der Waals surface area contributed by atoms with Gasteiger partial charge in [0.2, 0.25) is 0 Å². The molecule has 8 heteroatoms. The van der Waals surface area contributed by atoms with E-state index in [0.717, 1.165) is 58.5 Å². The highest BCUT2D eigenvalue weighted by atomic mass is 31.1. The number of benzene rings is 4. The van der Waals surface area contributed by atoms with Crippen LogP contribution in [0.2, 0.25) is 0 Å². The van der Waals surface area contributed by atoms with Crippen LogP contribution in [-0.2, 0) is 0 Å². The summed E-state index contributed by atoms with van der Waals surface area (Å²) >= 11 is 0. The third-order valence-corrected chi connectivity index (χ3v) is 12.2. The first-order valence-corrected chi connectivity index (χ1v) is 21.5. The van der Waals surface area contributed by atoms with Crippen LogP contribution in [0.3, 0.4) is 0 Å². The summed E-state index contributed by atoms with van der Waals surface area (Å²) in [7, 11) is 3.51. The van der Waals surface area contributed by atoms with Crippen molar-refractivity contribution >= 4 is 17.6 Å². The van der Waals surface area contributed by atoms with Crippen molar-refractivity contribution in [1.29, 1.82) is 0 Å². The molecule has 6 nitrogen and oxygen atoms in total. The van der Waals surface area contributed by atoms with E-state index in [1.54, 1.807) is 14.2 Å². The Labute approximate surface area is 329 Å². The van der Waals surface area contributed by atoms with Crippen LogP contribution in [0, 0.1) is 13.8 Å². The van der Waals surface area contributed by atoms with Gasteiger partial charge in [0.05, 0.1) is 14.2 Å². The fourth-order valence-corrected chi connectivity index (χ4v) is 8.39. The predicted octanol–water partition coefficient (Wildman–Crippen LogP) is 14.1. The highest BCUT2D eigenvalue weighted by Gasteiger charge is 2.30. The third kappa shape index (κ3) is 10.4. The molecular weight excluding hydrogens is 710 g/mol. The molecule has 4 unspecified atom stereocenters. The average Bonchev–Trinajstić information content (AvgIpc) is 3.15. The van der Waals surface area contributed by atoms with Gasteiger partial charge in [-0.05, 0) is 132 Å². The molecule has 0 N–H and O–H groups in total. The first kappa shape index (κ1) is 43.3. The lowest BCUT2D eigenvalue weighted by atomic mass is 9.80. The molecule has 0 radical (unpaired) electrons. The van der Waals surface area contributed by atoms with Crippen molar-refractivity contribution in [3.63, 3.8) is 0 Å². The van der Waals surface area contributed by atoms with E-state index < -0.39 is 0 Å². The van der Waals surface area contributed by atoms with Crippen LogP contribution in [0.4, 0.5) is 0 Å². The Morgan fingerprint density at radius 3 is 1.02 bits per heavy atom. The minimum absolute atomic E-state index is 0.0787. The highest BCUT2D eigenvalue weighted by Crippen LogP contribution is 2.53. The molecule has 0 aliphatic carbocycles. The van der Waals surface area contributed by atoms with Crippen LogP contribution < -0.4 is 28.0 Å². The summed E-state index contributed by atoms with van der Waals surface area (Å²) in [6.45, 7) is 27.0. The molecule has 4 aromatic rings. The highest BCUT2D eigenvalue weighted by molar-refractivity contribution is 7.33. The first-order chi connectivity index (χ1) is 25.7. The summed E-state index contributed by atoms with van der Waals surface area (Å²) in [5.41, 5.74) is 9.77. The SMILES string of the molecule is CCC(Oc1ccc(OC)cc1)POc1c(C(C)C)cc(C(C)C)c(C)c1-c1c(C)c(C(C)C)cc(C(C)C)c1OPC(CC)Oc1ccc(OC)cc1. The lowest BCUT2D eigenvalue weighted by Gasteiger charge is -2.30. The molecule has 0 saturated heterocycles. The van der Waals surface area contributed by atoms with Crippen molar-refractivity contribution < 1.29 is 28.0 Å². The molecule has 0 aliphatic rings. The van der Waals surface area contributed by atoms with Gasteiger partial charge in [0.25, 0.3) is 0 Å². The van der Waals surface area contributed by atoms with E-state index in [4.69, 9.17) is 28.0 Å². The maximum Gasteiger partial charge on any atom is 0.150 e. The molecule has 54 heavy (non-hydrogen) atoms. The average molecular weight is 775 g/mol. The minimum Gasteiger partial charge on any atom is -0.497 e. The third-order valence-electron chi connectivity index (χ3n) is 9.96. The molecule has 294 valence electrons. The van der Waals surface area contributed by atoms with Crippen molar-refractivity contribution in [3.05, 3.63) is 94.0 Å². The van der Waals surface area contributed by atoms with Gasteiger partial charge in [-0.25, -0.2) is 0 Å². The Bertz CT molecular complexity index is 1670. The summed E-state index contributed by atoms with van der Waals surface area (Å²) < 4.78 is 38.0. The van der Waals surface area contributed by atoms with Gasteiger partial charge >= 0.3 is 0 Å². The predicted molar refractivity (Wildman–Crippen MR) is 231 cm³/mol. The topological polar surface area (TPSA) is 55.4 Å². The zero-order valence-corrected chi connectivity index (χ0v) is 37.1. The lowest BCUT2D eigenvalue weighted by Crippen LogP contribution is -2.13. The Balaban J connectivity index is 1.90. The van der Waals surface area contributed by atoms with Crippen molar-refractivity contribution in [3.8, 4) is 45.6 Å². The summed E-state index contributed by atoms with van der Waals surface area (Å²) in [6.07, 6.45) is 1.61. The van der Waals surface area contributed by atoms with E-state index in [2.05, 4.69) is 95.2 Å². The number of methoxy groups -OCH3 is 2. The van der Waals surface area contributed by atoms with E-state index in [-0.39, 0.29) is 41.1 Å². The molecule has 0 aromatic heterocycles. The van der Waals surface area contributed by atoms with E-state index in [0.29, 0.717) is 11.8 Å². The van der Waals surface area contributed by atoms with Crippen LogP contribution in [0.25, 0.3) is 11.1 Å². The van der Waals surface area contributed by atoms with E-state index >= 15 is 0 Å². The Morgan fingerprint density at radius 2 is 0.759 bits per heavy atom. The molecule has 0 amide bonds. The second kappa shape index (κ2) is 19.9. The van der Waals surface area contributed by atoms with Gasteiger partial charge in [0.1, 0.15) is 52.1 Å². The van der Waals surface area contributed by atoms with Crippen LogP contribution >= 0.6 is 17.6 Å². The second-order valence-electron chi connectivity index (χ2n) is 15.2. The zero-order chi connectivity index (χ0) is 39.7. The summed E-state index contributed by atoms with van der Waals surface area (Å²) in [5.74, 6) is 5.93. The van der Waals surface area contributed by atoms with Gasteiger partial charge in [-0.3, -0.25) is 0 Å². The second-order valence-corrected chi connectivity index (χ2v) is 17.4. The molecule has 4 atom stereocenters. The smallest absolute Gasteiger partial charge is 0.150 e. The molecular formula is C46H64O6P2. The van der Waals surface area contributed by atoms with Crippen molar-refractivity contribution in [2.75, 3.05) is 14.2 Å². The zero-order valence-electron chi connectivity index (χ0n) is 35.1. The molecule has 0 fully saturated rings. The lowest BCUT2D eigenvalue weighted by molar-refractivity contribution is 0.271. The van der Waals surface area contributed by atoms with Gasteiger partial charge in [-0.1, -0.05) is 81.4 Å². The van der Waals surface area contributed by atoms with Crippen molar-refractivity contribution in [2.45, 2.75) is 131 Å². The van der Waals surface area contributed by atoms with Crippen molar-refractivity contribution in [1.82, 2.24) is 0 Å². The molecule has 0 heterocycles. The van der Waals surface area contributed by atoms with Crippen LogP contribution in [-0.4, -0.2) is 25.9 Å². The Morgan fingerprint density at radius 1 is 0.463 bits per heavy atom. The normalized spacial score (nSPS) is 13.1. The number of ether oxygens (including phenoxy) is 4. The van der Waals surface area contributed by atoms with E-state index in [1.165, 1.54) is 33.4 Å². The maximum absolute atomic E-state index is 7.11. The van der Waals surface area contributed by atoms with Gasteiger partial charge in [-0.15, -0.1) is 0 Å². The molecule has 4 rings (SSSR count). The van der Waals surface area contributed by atoms with Gasteiger partial charge < -0.3 is 28.0 Å². The fourth-order valence-electron chi connectivity index (χ4n) is 6.75. The number of rotatable bonds is 19. The van der Waals surface area contributed by atoms with E-state index in [1.807, 2.05) is 48.5 Å². The van der Waals surface area contributed by atoms with Gasteiger partial charge in [0.15, 0.2) is 11.7 Å². The van der Waals surface area contributed by atoms with Crippen LogP contribution in [0.5, 0.6) is 34.5 Å². The van der Waals surface area contributed by atoms with Crippen LogP contribution in [0.1, 0.15) is 139 Å². The summed E-state index contributed by atoms with van der Waals surface area (Å²) in [6, 6.07) is 20.3. The van der Waals surface area contributed by atoms with Gasteiger partial charge in [-0.2, -0.15) is 0 Å². The quantitative estimate of drug-likeness (QED) is 0.0885. The molecule has 0 spiro atoms. The molecule has 0 bridgehead atoms. The summed E-state index contributed by atoms with van der Waals surface area (Å²) in [5, 5.41) is 0. The van der Waals surface area contributed by atoms with Gasteiger partial charge in [0, 0.05) is 11.1 Å². The largest absolute Gasteiger partial charge is 0.497 e. The monoisotopic (exact) mass is 774 g/mol. The first-order valence-electron chi connectivity index (χ1n) is 19.5. The fraction of sp³-hybridized carbons (Fsp3) is 0.478. The number of hydrogen-bond acceptors (Lipinski definition) is 6. The Hall–Kier alpha value is -3.46. The molecule has 0 aliphatic heterocycles. The minimum atomic E-state index is -0.122. The standard InChI is InChI=1S/C46H64O6P2/c1-15-41(49-35-21-17-33(47-13)18-22-35)53-51-45-39(29(7)8)25-37(27(3)4)31(11)43(45)44-32(12)38(28(5)6)26-40(30(9)10)46(44)52-54-42(16-2)50-36-23-19-34(48-14)20-24-36/h17-30,41-42,53-54H,15-16H2,1-14H3. The maximum atomic E-state index is 7.11. The molecule has 4 aromatic carbocycles. The van der Waals surface area contributed by atoms with Crippen molar-refractivity contribution in [2.24, 2.45) is 0 Å². The Kier molecular flexibility index (Phi) is 16.0.